The normalized spacial score (nSPS) is 14.6. The highest BCUT2D eigenvalue weighted by Gasteiger charge is 2.28. The van der Waals surface area contributed by atoms with Crippen LogP contribution >= 0.6 is 0 Å². The predicted molar refractivity (Wildman–Crippen MR) is 77.0 cm³/mol. The number of nitrogens with zero attached hydrogens (tertiary/aromatic N) is 1. The van der Waals surface area contributed by atoms with Crippen LogP contribution < -0.4 is 5.32 Å². The van der Waals surface area contributed by atoms with Gasteiger partial charge in [-0.05, 0) is 36.5 Å². The zero-order chi connectivity index (χ0) is 14.1. The molecule has 0 bridgehead atoms. The minimum atomic E-state index is -0.224. The van der Waals surface area contributed by atoms with Gasteiger partial charge in [-0.25, -0.2) is 0 Å². The second kappa shape index (κ2) is 5.12. The van der Waals surface area contributed by atoms with E-state index < -0.39 is 0 Å². The Kier molecular flexibility index (Phi) is 3.30. The number of nitrogens with one attached hydrogen (secondary N) is 1. The van der Waals surface area contributed by atoms with Crippen molar-refractivity contribution in [2.24, 2.45) is 0 Å². The number of amides is 1. The van der Waals surface area contributed by atoms with E-state index in [1.807, 2.05) is 24.3 Å². The molecule has 1 aliphatic carbocycles. The lowest BCUT2D eigenvalue weighted by Crippen LogP contribution is -2.12. The zero-order valence-corrected chi connectivity index (χ0v) is 11.7. The quantitative estimate of drug-likeness (QED) is 0.915. The van der Waals surface area contributed by atoms with Gasteiger partial charge in [0, 0.05) is 17.7 Å². The molecule has 1 aromatic heterocycles. The standard InChI is InChI=1S/C16H18N2O2/c1-10(2)11-5-7-13(8-6-11)17-16(19)14-9-15(20-18-14)12-3-4-12/h5-10,12H,3-4H2,1-2H3,(H,17,19). The van der Waals surface area contributed by atoms with E-state index in [1.54, 1.807) is 6.07 Å². The molecule has 0 aliphatic heterocycles. The lowest BCUT2D eigenvalue weighted by atomic mass is 10.0. The minimum absolute atomic E-state index is 0.224. The molecule has 1 heterocycles. The van der Waals surface area contributed by atoms with Gasteiger partial charge in [-0.15, -0.1) is 0 Å². The van der Waals surface area contributed by atoms with Gasteiger partial charge in [0.25, 0.3) is 5.91 Å². The Balaban J connectivity index is 1.68. The minimum Gasteiger partial charge on any atom is -0.360 e. The molecule has 1 aromatic carbocycles. The molecular formula is C16H18N2O2. The first-order valence-electron chi connectivity index (χ1n) is 7.01. The first-order valence-corrected chi connectivity index (χ1v) is 7.01. The maximum absolute atomic E-state index is 12.1. The molecule has 20 heavy (non-hydrogen) atoms. The van der Waals surface area contributed by atoms with Gasteiger partial charge in [0.1, 0.15) is 5.76 Å². The second-order valence-corrected chi connectivity index (χ2v) is 5.62. The molecule has 4 heteroatoms. The van der Waals surface area contributed by atoms with E-state index in [9.17, 15) is 4.79 Å². The van der Waals surface area contributed by atoms with Crippen LogP contribution in [-0.4, -0.2) is 11.1 Å². The average Bonchev–Trinajstić information content (AvgIpc) is 3.17. The molecule has 2 aromatic rings. The van der Waals surface area contributed by atoms with Crippen molar-refractivity contribution in [3.05, 3.63) is 47.3 Å². The largest absolute Gasteiger partial charge is 0.360 e. The Morgan fingerprint density at radius 1 is 1.30 bits per heavy atom. The summed E-state index contributed by atoms with van der Waals surface area (Å²) in [5.41, 5.74) is 2.37. The number of carbonyl (C=O) groups is 1. The van der Waals surface area contributed by atoms with Crippen LogP contribution in [0.25, 0.3) is 0 Å². The molecule has 1 aliphatic rings. The number of hydrogen-bond acceptors (Lipinski definition) is 3. The fourth-order valence-corrected chi connectivity index (χ4v) is 2.10. The maximum Gasteiger partial charge on any atom is 0.277 e. The summed E-state index contributed by atoms with van der Waals surface area (Å²) in [6.45, 7) is 4.28. The molecule has 0 saturated heterocycles. The zero-order valence-electron chi connectivity index (χ0n) is 11.7. The summed E-state index contributed by atoms with van der Waals surface area (Å²) in [5.74, 6) is 1.55. The fourth-order valence-electron chi connectivity index (χ4n) is 2.10. The average molecular weight is 270 g/mol. The van der Waals surface area contributed by atoms with Crippen LogP contribution in [0.5, 0.6) is 0 Å². The molecule has 3 rings (SSSR count). The number of aromatic nitrogens is 1. The molecule has 0 radical (unpaired) electrons. The van der Waals surface area contributed by atoms with Crippen molar-refractivity contribution in [3.63, 3.8) is 0 Å². The van der Waals surface area contributed by atoms with E-state index in [2.05, 4.69) is 24.3 Å². The van der Waals surface area contributed by atoms with Crippen LogP contribution in [0, 0.1) is 0 Å². The van der Waals surface area contributed by atoms with Crippen molar-refractivity contribution in [2.75, 3.05) is 5.32 Å². The molecule has 1 N–H and O–H groups in total. The van der Waals surface area contributed by atoms with Crippen LogP contribution in [0.2, 0.25) is 0 Å². The van der Waals surface area contributed by atoms with Gasteiger partial charge < -0.3 is 9.84 Å². The number of anilines is 1. The first-order chi connectivity index (χ1) is 9.63. The van der Waals surface area contributed by atoms with Crippen molar-refractivity contribution >= 4 is 11.6 Å². The number of hydrogen-bond donors (Lipinski definition) is 1. The van der Waals surface area contributed by atoms with Crippen LogP contribution in [0.15, 0.2) is 34.9 Å². The van der Waals surface area contributed by atoms with Gasteiger partial charge in [0.05, 0.1) is 0 Å². The smallest absolute Gasteiger partial charge is 0.277 e. The molecule has 1 saturated carbocycles. The van der Waals surface area contributed by atoms with Crippen molar-refractivity contribution in [2.45, 2.75) is 38.5 Å². The Bertz CT molecular complexity index is 610. The summed E-state index contributed by atoms with van der Waals surface area (Å²) >= 11 is 0. The van der Waals surface area contributed by atoms with E-state index >= 15 is 0 Å². The number of benzene rings is 1. The van der Waals surface area contributed by atoms with Crippen molar-refractivity contribution in [1.29, 1.82) is 0 Å². The highest BCUT2D eigenvalue weighted by atomic mass is 16.5. The van der Waals surface area contributed by atoms with Gasteiger partial charge >= 0.3 is 0 Å². The summed E-state index contributed by atoms with van der Waals surface area (Å²) in [6, 6.07) is 9.62. The van der Waals surface area contributed by atoms with E-state index in [1.165, 1.54) is 5.56 Å². The van der Waals surface area contributed by atoms with Gasteiger partial charge in [0.15, 0.2) is 5.69 Å². The van der Waals surface area contributed by atoms with Crippen molar-refractivity contribution < 1.29 is 9.32 Å². The molecule has 4 nitrogen and oxygen atoms in total. The third-order valence-corrected chi connectivity index (χ3v) is 3.58. The summed E-state index contributed by atoms with van der Waals surface area (Å²) < 4.78 is 5.19. The second-order valence-electron chi connectivity index (χ2n) is 5.62. The predicted octanol–water partition coefficient (Wildman–Crippen LogP) is 3.93. The van der Waals surface area contributed by atoms with Gasteiger partial charge in [-0.1, -0.05) is 31.1 Å². The molecule has 0 atom stereocenters. The van der Waals surface area contributed by atoms with Crippen LogP contribution in [0.3, 0.4) is 0 Å². The van der Waals surface area contributed by atoms with Crippen LogP contribution in [-0.2, 0) is 0 Å². The van der Waals surface area contributed by atoms with Gasteiger partial charge in [-0.2, -0.15) is 0 Å². The Morgan fingerprint density at radius 2 is 2.00 bits per heavy atom. The summed E-state index contributed by atoms with van der Waals surface area (Å²) in [7, 11) is 0. The monoisotopic (exact) mass is 270 g/mol. The van der Waals surface area contributed by atoms with Gasteiger partial charge in [-0.3, -0.25) is 4.79 Å². The summed E-state index contributed by atoms with van der Waals surface area (Å²) in [4.78, 5) is 12.1. The summed E-state index contributed by atoms with van der Waals surface area (Å²) in [6.07, 6.45) is 2.26. The molecule has 0 spiro atoms. The highest BCUT2D eigenvalue weighted by Crippen LogP contribution is 2.40. The first kappa shape index (κ1) is 12.9. The lowest BCUT2D eigenvalue weighted by molar-refractivity contribution is 0.101. The molecule has 1 fully saturated rings. The van der Waals surface area contributed by atoms with Crippen molar-refractivity contribution in [1.82, 2.24) is 5.16 Å². The molecule has 0 unspecified atom stereocenters. The van der Waals surface area contributed by atoms with Crippen molar-refractivity contribution in [3.8, 4) is 0 Å². The Labute approximate surface area is 118 Å². The Morgan fingerprint density at radius 3 is 2.60 bits per heavy atom. The lowest BCUT2D eigenvalue weighted by Gasteiger charge is -2.07. The summed E-state index contributed by atoms with van der Waals surface area (Å²) in [5, 5.41) is 6.67. The van der Waals surface area contributed by atoms with Gasteiger partial charge in [0.2, 0.25) is 0 Å². The van der Waals surface area contributed by atoms with Crippen LogP contribution in [0.4, 0.5) is 5.69 Å². The highest BCUT2D eigenvalue weighted by molar-refractivity contribution is 6.02. The van der Waals surface area contributed by atoms with E-state index in [-0.39, 0.29) is 5.91 Å². The maximum atomic E-state index is 12.1. The molecular weight excluding hydrogens is 252 g/mol. The van der Waals surface area contributed by atoms with E-state index in [0.29, 0.717) is 17.5 Å². The van der Waals surface area contributed by atoms with E-state index in [0.717, 1.165) is 24.3 Å². The number of rotatable bonds is 4. The third-order valence-electron chi connectivity index (χ3n) is 3.58. The fraction of sp³-hybridized carbons (Fsp3) is 0.375. The SMILES string of the molecule is CC(C)c1ccc(NC(=O)c2cc(C3CC3)on2)cc1. The Hall–Kier alpha value is -2.10. The third kappa shape index (κ3) is 2.74. The number of carbonyl (C=O) groups excluding carboxylic acids is 1. The van der Waals surface area contributed by atoms with Crippen LogP contribution in [0.1, 0.15) is 60.3 Å². The van der Waals surface area contributed by atoms with E-state index in [4.69, 9.17) is 4.52 Å². The molecule has 104 valence electrons. The topological polar surface area (TPSA) is 55.1 Å². The molecule has 1 amide bonds.